The Morgan fingerprint density at radius 2 is 2.33 bits per heavy atom. The van der Waals surface area contributed by atoms with Crippen LogP contribution in [0.4, 0.5) is 5.82 Å². The smallest absolute Gasteiger partial charge is 0.190 e. The van der Waals surface area contributed by atoms with E-state index in [-0.39, 0.29) is 0 Å². The molecule has 0 N–H and O–H groups in total. The number of hydrogen-bond acceptors (Lipinski definition) is 2. The third-order valence-electron chi connectivity index (χ3n) is 0.993. The minimum atomic E-state index is 0.911. The predicted octanol–water partition coefficient (Wildman–Crippen LogP) is 0.601. The van der Waals surface area contributed by atoms with Gasteiger partial charge in [0.2, 0.25) is 0 Å². The Bertz CT molecular complexity index is 174. The number of hydrogen-bond donors (Lipinski definition) is 0. The third-order valence-corrected chi connectivity index (χ3v) is 1.22. The highest BCUT2D eigenvalue weighted by molar-refractivity contribution is 6.16. The Hall–Kier alpha value is -0.833. The van der Waals surface area contributed by atoms with E-state index >= 15 is 0 Å². The first-order chi connectivity index (χ1) is 4.30. The van der Waals surface area contributed by atoms with Gasteiger partial charge in [0.1, 0.15) is 5.82 Å². The molecule has 0 saturated heterocycles. The maximum absolute atomic E-state index is 4.06. The van der Waals surface area contributed by atoms with Crippen LogP contribution in [0, 0.1) is 0 Å². The minimum absolute atomic E-state index is 0.911. The van der Waals surface area contributed by atoms with Gasteiger partial charge in [0.15, 0.2) is 10.4 Å². The zero-order valence-electron chi connectivity index (χ0n) is 5.20. The second kappa shape index (κ2) is 2.64. The van der Waals surface area contributed by atoms with Crippen molar-refractivity contribution in [3.63, 3.8) is 0 Å². The summed E-state index contributed by atoms with van der Waals surface area (Å²) in [6, 6.07) is 5.76. The summed E-state index contributed by atoms with van der Waals surface area (Å²) in [6.07, 6.45) is 1.76. The number of rotatable bonds is 1. The van der Waals surface area contributed by atoms with Gasteiger partial charge in [0.05, 0.1) is 0 Å². The first-order valence-electron chi connectivity index (χ1n) is 2.66. The molecule has 2 nitrogen and oxygen atoms in total. The molecule has 1 aromatic heterocycles. The molecule has 0 atom stereocenters. The number of nitrogens with zero attached hydrogens (tertiary/aromatic N) is 2. The minimum Gasteiger partial charge on any atom is -0.387 e. The van der Waals surface area contributed by atoms with Crippen LogP contribution in [0.3, 0.4) is 0 Å². The van der Waals surface area contributed by atoms with E-state index in [4.69, 9.17) is 0 Å². The zero-order valence-corrected chi connectivity index (χ0v) is 6.20. The van der Waals surface area contributed by atoms with Gasteiger partial charge < -0.3 is 4.57 Å². The fraction of sp³-hybridized carbons (Fsp3) is 0.167. The summed E-state index contributed by atoms with van der Waals surface area (Å²) in [7, 11) is 5.19. The van der Waals surface area contributed by atoms with Crippen molar-refractivity contribution in [1.29, 1.82) is 0 Å². The molecule has 1 rings (SSSR count). The van der Waals surface area contributed by atoms with Crippen molar-refractivity contribution in [2.45, 2.75) is 0 Å². The molecule has 0 fully saturated rings. The Labute approximate surface area is 58.0 Å². The van der Waals surface area contributed by atoms with E-state index in [1.165, 1.54) is 0 Å². The lowest BCUT2D eigenvalue weighted by atomic mass is 10.5. The second-order valence-electron chi connectivity index (χ2n) is 1.75. The van der Waals surface area contributed by atoms with Gasteiger partial charge in [-0.2, -0.15) is 0 Å². The van der Waals surface area contributed by atoms with E-state index in [1.807, 2.05) is 25.2 Å². The molecule has 0 amide bonds. The van der Waals surface area contributed by atoms with E-state index in [0.717, 1.165) is 5.82 Å². The molecule has 0 aromatic carbocycles. The van der Waals surface area contributed by atoms with E-state index in [1.54, 1.807) is 10.8 Å². The van der Waals surface area contributed by atoms with Gasteiger partial charge in [-0.3, -0.25) is 0 Å². The molecule has 45 valence electrons. The molecule has 0 aliphatic carbocycles. The molecule has 0 saturated carbocycles. The Morgan fingerprint density at radius 1 is 1.56 bits per heavy atom. The Balaban J connectivity index is 2.85. The molecular formula is C6H7N2Si. The molecule has 0 aliphatic heterocycles. The van der Waals surface area contributed by atoms with E-state index in [9.17, 15) is 0 Å². The van der Waals surface area contributed by atoms with Crippen molar-refractivity contribution < 1.29 is 0 Å². The van der Waals surface area contributed by atoms with Crippen LogP contribution in [0.25, 0.3) is 0 Å². The van der Waals surface area contributed by atoms with Crippen LogP contribution in [0.2, 0.25) is 0 Å². The highest BCUT2D eigenvalue weighted by atomic mass is 28.2. The van der Waals surface area contributed by atoms with Crippen LogP contribution in [-0.4, -0.2) is 22.4 Å². The van der Waals surface area contributed by atoms with Crippen LogP contribution in [-0.2, 0) is 0 Å². The summed E-state index contributed by atoms with van der Waals surface area (Å²) in [4.78, 5) is 4.06. The fourth-order valence-electron chi connectivity index (χ4n) is 0.552. The van der Waals surface area contributed by atoms with Crippen molar-refractivity contribution in [2.24, 2.45) is 0 Å². The maximum atomic E-state index is 4.06. The molecule has 0 bridgehead atoms. The monoisotopic (exact) mass is 135 g/mol. The van der Waals surface area contributed by atoms with Crippen LogP contribution < -0.4 is 4.57 Å². The largest absolute Gasteiger partial charge is 0.387 e. The summed E-state index contributed by atoms with van der Waals surface area (Å²) in [5.41, 5.74) is 0. The lowest BCUT2D eigenvalue weighted by Crippen LogP contribution is -2.12. The van der Waals surface area contributed by atoms with Crippen molar-refractivity contribution in [3.05, 3.63) is 24.4 Å². The quantitative estimate of drug-likeness (QED) is 0.524. The van der Waals surface area contributed by atoms with Gasteiger partial charge in [-0.05, 0) is 19.2 Å². The SMILES string of the molecule is CN([Si])c1ccccn1. The second-order valence-corrected chi connectivity index (χ2v) is 2.42. The van der Waals surface area contributed by atoms with Crippen LogP contribution in [0.1, 0.15) is 0 Å². The van der Waals surface area contributed by atoms with E-state index < -0.39 is 0 Å². The molecule has 3 radical (unpaired) electrons. The van der Waals surface area contributed by atoms with Crippen molar-refractivity contribution >= 4 is 16.2 Å². The van der Waals surface area contributed by atoms with Crippen LogP contribution >= 0.6 is 0 Å². The van der Waals surface area contributed by atoms with Crippen molar-refractivity contribution in [3.8, 4) is 0 Å². The molecule has 0 aliphatic rings. The molecule has 9 heavy (non-hydrogen) atoms. The van der Waals surface area contributed by atoms with Crippen molar-refractivity contribution in [1.82, 2.24) is 4.98 Å². The number of pyridine rings is 1. The molecule has 1 heterocycles. The highest BCUT2D eigenvalue weighted by Gasteiger charge is 1.90. The average Bonchev–Trinajstić information content (AvgIpc) is 1.90. The predicted molar refractivity (Wildman–Crippen MR) is 38.4 cm³/mol. The Kier molecular flexibility index (Phi) is 1.84. The average molecular weight is 135 g/mol. The molecular weight excluding hydrogens is 128 g/mol. The summed E-state index contributed by atoms with van der Waals surface area (Å²) in [5.74, 6) is 0.911. The summed E-state index contributed by atoms with van der Waals surface area (Å²) >= 11 is 0. The summed E-state index contributed by atoms with van der Waals surface area (Å²) in [6.45, 7) is 0. The van der Waals surface area contributed by atoms with E-state index in [0.29, 0.717) is 0 Å². The standard InChI is InChI=1S/C6H7N2Si/c1-8(9)6-4-2-3-5-7-6/h2-5H,1H3. The van der Waals surface area contributed by atoms with E-state index in [2.05, 4.69) is 15.4 Å². The third kappa shape index (κ3) is 1.53. The zero-order chi connectivity index (χ0) is 6.69. The van der Waals surface area contributed by atoms with Gasteiger partial charge in [-0.15, -0.1) is 0 Å². The van der Waals surface area contributed by atoms with Gasteiger partial charge in [-0.1, -0.05) is 6.07 Å². The Morgan fingerprint density at radius 3 is 2.67 bits per heavy atom. The van der Waals surface area contributed by atoms with Gasteiger partial charge in [-0.25, -0.2) is 4.98 Å². The van der Waals surface area contributed by atoms with Crippen LogP contribution in [0.5, 0.6) is 0 Å². The van der Waals surface area contributed by atoms with Gasteiger partial charge in [0, 0.05) is 6.20 Å². The molecule has 0 spiro atoms. The lowest BCUT2D eigenvalue weighted by molar-refractivity contribution is 1.21. The van der Waals surface area contributed by atoms with Crippen LogP contribution in [0.15, 0.2) is 24.4 Å². The first kappa shape index (κ1) is 6.29. The van der Waals surface area contributed by atoms with Crippen molar-refractivity contribution in [2.75, 3.05) is 11.6 Å². The molecule has 3 heteroatoms. The molecule has 1 aromatic rings. The van der Waals surface area contributed by atoms with Gasteiger partial charge in [0.25, 0.3) is 0 Å². The summed E-state index contributed by atoms with van der Waals surface area (Å²) in [5, 5.41) is 0. The topological polar surface area (TPSA) is 16.1 Å². The maximum Gasteiger partial charge on any atom is 0.190 e. The number of anilines is 1. The highest BCUT2D eigenvalue weighted by Crippen LogP contribution is 2.01. The van der Waals surface area contributed by atoms with Gasteiger partial charge >= 0.3 is 0 Å². The lowest BCUT2D eigenvalue weighted by Gasteiger charge is -2.08. The molecule has 0 unspecified atom stereocenters. The first-order valence-corrected chi connectivity index (χ1v) is 3.11. The normalized spacial score (nSPS) is 9.11. The fourth-order valence-corrected chi connectivity index (χ4v) is 0.684. The number of aromatic nitrogens is 1. The summed E-state index contributed by atoms with van der Waals surface area (Å²) < 4.78 is 1.78.